The standard InChI is InChI=1S/C30H32F6N2O2/c1-28(2,3)24-10-6-20(7-11-24)17-37-12-13-38(18-21-4-8-23(9-5-21)27(39)40)19-22-14-25(29(31,32)33)16-26(15-22)30(34,35)36/h4-11,14-16,37H,12-13,17-19H2,1-3H3,(H,39,40). The molecule has 0 radical (unpaired) electrons. The lowest BCUT2D eigenvalue weighted by Crippen LogP contribution is -2.31. The number of carbonyl (C=O) groups is 1. The lowest BCUT2D eigenvalue weighted by molar-refractivity contribution is -0.143. The average molecular weight is 567 g/mol. The maximum absolute atomic E-state index is 13.4. The van der Waals surface area contributed by atoms with E-state index in [0.29, 0.717) is 25.2 Å². The average Bonchev–Trinajstić information content (AvgIpc) is 2.85. The van der Waals surface area contributed by atoms with Gasteiger partial charge >= 0.3 is 18.3 Å². The molecule has 0 amide bonds. The minimum atomic E-state index is -4.93. The molecule has 3 aromatic carbocycles. The number of hydrogen-bond donors (Lipinski definition) is 2. The first-order valence-electron chi connectivity index (χ1n) is 12.7. The minimum Gasteiger partial charge on any atom is -0.478 e. The molecule has 216 valence electrons. The molecule has 0 spiro atoms. The summed E-state index contributed by atoms with van der Waals surface area (Å²) in [5.74, 6) is -1.10. The number of carboxylic acids is 1. The number of hydrogen-bond acceptors (Lipinski definition) is 3. The fraction of sp³-hybridized carbons (Fsp3) is 0.367. The monoisotopic (exact) mass is 566 g/mol. The lowest BCUT2D eigenvalue weighted by atomic mass is 9.87. The van der Waals surface area contributed by atoms with Crippen molar-refractivity contribution in [2.24, 2.45) is 0 Å². The summed E-state index contributed by atoms with van der Waals surface area (Å²) in [7, 11) is 0. The molecule has 3 aromatic rings. The minimum absolute atomic E-state index is 0.0184. The Balaban J connectivity index is 1.77. The van der Waals surface area contributed by atoms with Crippen molar-refractivity contribution < 1.29 is 36.2 Å². The van der Waals surface area contributed by atoms with Gasteiger partial charge in [-0.3, -0.25) is 4.90 Å². The van der Waals surface area contributed by atoms with Crippen LogP contribution >= 0.6 is 0 Å². The zero-order chi connectivity index (χ0) is 29.7. The first kappa shape index (κ1) is 31.2. The highest BCUT2D eigenvalue weighted by Gasteiger charge is 2.37. The smallest absolute Gasteiger partial charge is 0.416 e. The van der Waals surface area contributed by atoms with E-state index in [1.165, 1.54) is 17.7 Å². The summed E-state index contributed by atoms with van der Waals surface area (Å²) < 4.78 is 80.3. The van der Waals surface area contributed by atoms with Crippen LogP contribution in [-0.4, -0.2) is 29.1 Å². The van der Waals surface area contributed by atoms with Gasteiger partial charge in [0.1, 0.15) is 0 Å². The second kappa shape index (κ2) is 12.4. The van der Waals surface area contributed by atoms with Gasteiger partial charge in [0.05, 0.1) is 16.7 Å². The van der Waals surface area contributed by atoms with Crippen molar-refractivity contribution in [3.8, 4) is 0 Å². The van der Waals surface area contributed by atoms with Crippen LogP contribution in [0.1, 0.15) is 64.5 Å². The van der Waals surface area contributed by atoms with E-state index in [0.717, 1.165) is 17.7 Å². The summed E-state index contributed by atoms with van der Waals surface area (Å²) in [4.78, 5) is 12.9. The number of alkyl halides is 6. The van der Waals surface area contributed by atoms with E-state index in [1.807, 2.05) is 12.1 Å². The third-order valence-corrected chi connectivity index (χ3v) is 6.41. The highest BCUT2D eigenvalue weighted by Crippen LogP contribution is 2.36. The summed E-state index contributed by atoms with van der Waals surface area (Å²) in [6, 6.07) is 15.7. The van der Waals surface area contributed by atoms with Gasteiger partial charge in [0.2, 0.25) is 0 Å². The quantitative estimate of drug-likeness (QED) is 0.197. The molecule has 0 fully saturated rings. The maximum Gasteiger partial charge on any atom is 0.416 e. The Hall–Kier alpha value is -3.37. The number of nitrogens with one attached hydrogen (secondary N) is 1. The molecule has 0 aromatic heterocycles. The normalized spacial score (nSPS) is 12.7. The number of nitrogens with zero attached hydrogens (tertiary/aromatic N) is 1. The van der Waals surface area contributed by atoms with Gasteiger partial charge in [0.25, 0.3) is 0 Å². The predicted molar refractivity (Wildman–Crippen MR) is 141 cm³/mol. The van der Waals surface area contributed by atoms with Gasteiger partial charge in [-0.15, -0.1) is 0 Å². The van der Waals surface area contributed by atoms with E-state index in [4.69, 9.17) is 5.11 Å². The first-order valence-corrected chi connectivity index (χ1v) is 12.7. The van der Waals surface area contributed by atoms with Crippen LogP contribution in [0.25, 0.3) is 0 Å². The van der Waals surface area contributed by atoms with Gasteiger partial charge in [0, 0.05) is 32.7 Å². The van der Waals surface area contributed by atoms with E-state index in [2.05, 4.69) is 38.2 Å². The van der Waals surface area contributed by atoms with Crippen LogP contribution in [-0.2, 0) is 37.4 Å². The second-order valence-electron chi connectivity index (χ2n) is 10.8. The zero-order valence-corrected chi connectivity index (χ0v) is 22.5. The Morgan fingerprint density at radius 1 is 0.725 bits per heavy atom. The zero-order valence-electron chi connectivity index (χ0n) is 22.5. The fourth-order valence-electron chi connectivity index (χ4n) is 4.19. The molecule has 0 aliphatic carbocycles. The molecule has 3 rings (SSSR count). The van der Waals surface area contributed by atoms with Crippen molar-refractivity contribution in [3.63, 3.8) is 0 Å². The highest BCUT2D eigenvalue weighted by atomic mass is 19.4. The van der Waals surface area contributed by atoms with Crippen molar-refractivity contribution in [3.05, 3.63) is 106 Å². The Morgan fingerprint density at radius 2 is 1.23 bits per heavy atom. The maximum atomic E-state index is 13.4. The molecule has 0 aliphatic heterocycles. The molecule has 0 saturated carbocycles. The molecule has 0 saturated heterocycles. The highest BCUT2D eigenvalue weighted by molar-refractivity contribution is 5.87. The Kier molecular flexibility index (Phi) is 9.68. The van der Waals surface area contributed by atoms with Crippen molar-refractivity contribution in [2.75, 3.05) is 13.1 Å². The van der Waals surface area contributed by atoms with Crippen LogP contribution in [0.3, 0.4) is 0 Å². The van der Waals surface area contributed by atoms with Gasteiger partial charge in [0.15, 0.2) is 0 Å². The largest absolute Gasteiger partial charge is 0.478 e. The number of halogens is 6. The predicted octanol–water partition coefficient (Wildman–Crippen LogP) is 7.51. The molecular weight excluding hydrogens is 534 g/mol. The Morgan fingerprint density at radius 3 is 1.70 bits per heavy atom. The van der Waals surface area contributed by atoms with Crippen LogP contribution in [0, 0.1) is 0 Å². The molecule has 0 aliphatic rings. The van der Waals surface area contributed by atoms with E-state index in [-0.39, 0.29) is 35.7 Å². The molecule has 40 heavy (non-hydrogen) atoms. The second-order valence-corrected chi connectivity index (χ2v) is 10.8. The van der Waals surface area contributed by atoms with Crippen LogP contribution in [0.15, 0.2) is 66.7 Å². The summed E-state index contributed by atoms with van der Waals surface area (Å²) >= 11 is 0. The van der Waals surface area contributed by atoms with Gasteiger partial charge in [-0.2, -0.15) is 26.3 Å². The summed E-state index contributed by atoms with van der Waals surface area (Å²) in [5.41, 5.74) is 0.145. The lowest BCUT2D eigenvalue weighted by Gasteiger charge is -2.24. The van der Waals surface area contributed by atoms with Crippen LogP contribution in [0.2, 0.25) is 0 Å². The molecule has 0 atom stereocenters. The van der Waals surface area contributed by atoms with Crippen molar-refractivity contribution in [2.45, 2.75) is 58.2 Å². The third-order valence-electron chi connectivity index (χ3n) is 6.41. The number of carboxylic acid groups (broad SMARTS) is 1. The molecule has 0 heterocycles. The first-order chi connectivity index (χ1) is 18.5. The number of aromatic carboxylic acids is 1. The van der Waals surface area contributed by atoms with Crippen LogP contribution in [0.5, 0.6) is 0 Å². The SMILES string of the molecule is CC(C)(C)c1ccc(CNCCN(Cc2ccc(C(=O)O)cc2)Cc2cc(C(F)(F)F)cc(C(F)(F)F)c2)cc1. The molecule has 0 bridgehead atoms. The van der Waals surface area contributed by atoms with Gasteiger partial charge in [-0.1, -0.05) is 57.2 Å². The van der Waals surface area contributed by atoms with E-state index >= 15 is 0 Å². The topological polar surface area (TPSA) is 52.6 Å². The van der Waals surface area contributed by atoms with E-state index in [1.54, 1.807) is 17.0 Å². The van der Waals surface area contributed by atoms with Crippen LogP contribution in [0.4, 0.5) is 26.3 Å². The van der Waals surface area contributed by atoms with E-state index < -0.39 is 29.4 Å². The summed E-state index contributed by atoms with van der Waals surface area (Å²) in [6.45, 7) is 7.64. The van der Waals surface area contributed by atoms with Gasteiger partial charge < -0.3 is 10.4 Å². The summed E-state index contributed by atoms with van der Waals surface area (Å²) in [5, 5.41) is 12.4. The van der Waals surface area contributed by atoms with Crippen molar-refractivity contribution >= 4 is 5.97 Å². The Bertz CT molecular complexity index is 1250. The molecule has 2 N–H and O–H groups in total. The van der Waals surface area contributed by atoms with Gasteiger partial charge in [-0.05, 0) is 58.0 Å². The molecule has 10 heteroatoms. The van der Waals surface area contributed by atoms with Crippen molar-refractivity contribution in [1.82, 2.24) is 10.2 Å². The molecular formula is C30H32F6N2O2. The van der Waals surface area contributed by atoms with Crippen LogP contribution < -0.4 is 5.32 Å². The molecule has 0 unspecified atom stereocenters. The van der Waals surface area contributed by atoms with Gasteiger partial charge in [-0.25, -0.2) is 4.79 Å². The number of benzene rings is 3. The number of rotatable bonds is 10. The fourth-order valence-corrected chi connectivity index (χ4v) is 4.19. The van der Waals surface area contributed by atoms with Crippen molar-refractivity contribution in [1.29, 1.82) is 0 Å². The Labute approximate surface area is 229 Å². The molecule has 4 nitrogen and oxygen atoms in total. The third kappa shape index (κ3) is 9.09. The van der Waals surface area contributed by atoms with E-state index in [9.17, 15) is 31.1 Å². The summed E-state index contributed by atoms with van der Waals surface area (Å²) in [6.07, 6.45) is -9.87.